The summed E-state index contributed by atoms with van der Waals surface area (Å²) in [7, 11) is -3.74. The predicted octanol–water partition coefficient (Wildman–Crippen LogP) is 4.94. The number of rotatable bonds is 8. The standard InChI is InChI=1S/C23H20N2O4S/c26-30(27,15-13-19-8-3-1-4-9-19)25(17-22-12-7-14-28-22)16-21-18-29-23(24-21)20-10-5-2-6-11-20/h1-15,18H,16-17H2. The Balaban J connectivity index is 1.58. The van der Waals surface area contributed by atoms with Crippen molar-refractivity contribution in [3.8, 4) is 11.5 Å². The molecule has 0 bridgehead atoms. The fourth-order valence-electron chi connectivity index (χ4n) is 2.90. The van der Waals surface area contributed by atoms with Crippen LogP contribution < -0.4 is 0 Å². The summed E-state index contributed by atoms with van der Waals surface area (Å²) in [5.74, 6) is 0.985. The maximum Gasteiger partial charge on any atom is 0.237 e. The molecule has 0 aliphatic rings. The van der Waals surface area contributed by atoms with Crippen LogP contribution in [0.4, 0.5) is 0 Å². The van der Waals surface area contributed by atoms with Crippen molar-refractivity contribution in [2.45, 2.75) is 13.1 Å². The van der Waals surface area contributed by atoms with E-state index in [-0.39, 0.29) is 13.1 Å². The molecular weight excluding hydrogens is 400 g/mol. The highest BCUT2D eigenvalue weighted by atomic mass is 32.2. The molecule has 0 fully saturated rings. The monoisotopic (exact) mass is 420 g/mol. The maximum absolute atomic E-state index is 13.1. The first-order valence-electron chi connectivity index (χ1n) is 9.36. The zero-order valence-corrected chi connectivity index (χ0v) is 16.9. The van der Waals surface area contributed by atoms with Gasteiger partial charge in [-0.2, -0.15) is 4.31 Å². The van der Waals surface area contributed by atoms with Gasteiger partial charge in [0.1, 0.15) is 12.0 Å². The molecule has 4 rings (SSSR count). The quantitative estimate of drug-likeness (QED) is 0.404. The number of hydrogen-bond donors (Lipinski definition) is 0. The van der Waals surface area contributed by atoms with Gasteiger partial charge in [0.2, 0.25) is 15.9 Å². The van der Waals surface area contributed by atoms with E-state index in [1.165, 1.54) is 22.2 Å². The van der Waals surface area contributed by atoms with Gasteiger partial charge in [-0.15, -0.1) is 0 Å². The second-order valence-corrected chi connectivity index (χ2v) is 8.43. The predicted molar refractivity (Wildman–Crippen MR) is 114 cm³/mol. The Bertz CT molecular complexity index is 1200. The van der Waals surface area contributed by atoms with E-state index in [9.17, 15) is 8.42 Å². The minimum atomic E-state index is -3.74. The summed E-state index contributed by atoms with van der Waals surface area (Å²) in [6.45, 7) is 0.139. The van der Waals surface area contributed by atoms with Crippen LogP contribution in [0.3, 0.4) is 0 Å². The molecule has 0 aliphatic carbocycles. The summed E-state index contributed by atoms with van der Waals surface area (Å²) in [5, 5.41) is 1.20. The van der Waals surface area contributed by atoms with Crippen molar-refractivity contribution < 1.29 is 17.3 Å². The third-order valence-corrected chi connectivity index (χ3v) is 5.87. The van der Waals surface area contributed by atoms with Gasteiger partial charge in [0.15, 0.2) is 0 Å². The Morgan fingerprint density at radius 3 is 2.30 bits per heavy atom. The van der Waals surface area contributed by atoms with Crippen molar-refractivity contribution in [2.75, 3.05) is 0 Å². The number of furan rings is 1. The molecule has 30 heavy (non-hydrogen) atoms. The van der Waals surface area contributed by atoms with E-state index in [1.807, 2.05) is 60.7 Å². The maximum atomic E-state index is 13.1. The Labute approximate surface area is 175 Å². The zero-order valence-electron chi connectivity index (χ0n) is 16.1. The fraction of sp³-hybridized carbons (Fsp3) is 0.0870. The van der Waals surface area contributed by atoms with Crippen molar-refractivity contribution in [1.82, 2.24) is 9.29 Å². The van der Waals surface area contributed by atoms with Gasteiger partial charge in [-0.3, -0.25) is 0 Å². The van der Waals surface area contributed by atoms with E-state index >= 15 is 0 Å². The molecule has 0 saturated heterocycles. The van der Waals surface area contributed by atoms with E-state index in [4.69, 9.17) is 8.83 Å². The SMILES string of the molecule is O=S(=O)(C=Cc1ccccc1)N(Cc1coc(-c2ccccc2)n1)Cc1ccco1. The first-order chi connectivity index (χ1) is 14.6. The summed E-state index contributed by atoms with van der Waals surface area (Å²) in [5.41, 5.74) is 2.14. The van der Waals surface area contributed by atoms with Crippen LogP contribution in [0.15, 0.2) is 99.6 Å². The highest BCUT2D eigenvalue weighted by molar-refractivity contribution is 7.92. The van der Waals surface area contributed by atoms with E-state index in [2.05, 4.69) is 4.98 Å². The van der Waals surface area contributed by atoms with Crippen molar-refractivity contribution in [1.29, 1.82) is 0 Å². The molecule has 0 spiro atoms. The molecule has 0 unspecified atom stereocenters. The van der Waals surface area contributed by atoms with Crippen LogP contribution in [0.1, 0.15) is 17.0 Å². The summed E-state index contributed by atoms with van der Waals surface area (Å²) in [6, 6.07) is 22.2. The average Bonchev–Trinajstić information content (AvgIpc) is 3.46. The Kier molecular flexibility index (Phi) is 5.92. The van der Waals surface area contributed by atoms with Crippen LogP contribution in [0.2, 0.25) is 0 Å². The Hall–Kier alpha value is -3.42. The molecule has 0 aliphatic heterocycles. The highest BCUT2D eigenvalue weighted by Crippen LogP contribution is 2.21. The molecule has 2 aromatic carbocycles. The number of hydrogen-bond acceptors (Lipinski definition) is 5. The second kappa shape index (κ2) is 8.94. The van der Waals surface area contributed by atoms with E-state index in [1.54, 1.807) is 18.2 Å². The van der Waals surface area contributed by atoms with Crippen molar-refractivity contribution in [3.63, 3.8) is 0 Å². The lowest BCUT2D eigenvalue weighted by molar-refractivity contribution is 0.359. The molecule has 0 atom stereocenters. The number of oxazole rings is 1. The minimum Gasteiger partial charge on any atom is -0.468 e. The van der Waals surface area contributed by atoms with Gasteiger partial charge < -0.3 is 8.83 Å². The average molecular weight is 420 g/mol. The molecule has 7 heteroatoms. The van der Waals surface area contributed by atoms with Crippen LogP contribution in [0.5, 0.6) is 0 Å². The third-order valence-electron chi connectivity index (χ3n) is 4.42. The van der Waals surface area contributed by atoms with Gasteiger partial charge in [0.25, 0.3) is 0 Å². The fourth-order valence-corrected chi connectivity index (χ4v) is 4.02. The molecule has 152 valence electrons. The zero-order chi connectivity index (χ0) is 20.8. The number of benzene rings is 2. The Morgan fingerprint density at radius 2 is 1.60 bits per heavy atom. The van der Waals surface area contributed by atoms with E-state index in [0.717, 1.165) is 11.1 Å². The molecule has 0 N–H and O–H groups in total. The molecule has 4 aromatic rings. The van der Waals surface area contributed by atoms with Crippen molar-refractivity contribution in [2.24, 2.45) is 0 Å². The molecule has 0 amide bonds. The van der Waals surface area contributed by atoms with Gasteiger partial charge in [-0.1, -0.05) is 48.5 Å². The lowest BCUT2D eigenvalue weighted by atomic mass is 10.2. The summed E-state index contributed by atoms with van der Waals surface area (Å²) in [6.07, 6.45) is 4.57. The number of sulfonamides is 1. The lowest BCUT2D eigenvalue weighted by Gasteiger charge is -2.17. The summed E-state index contributed by atoms with van der Waals surface area (Å²) < 4.78 is 38.3. The van der Waals surface area contributed by atoms with Crippen LogP contribution in [0.25, 0.3) is 17.5 Å². The topological polar surface area (TPSA) is 76.6 Å². The molecule has 2 aromatic heterocycles. The second-order valence-electron chi connectivity index (χ2n) is 6.62. The van der Waals surface area contributed by atoms with Crippen LogP contribution in [-0.4, -0.2) is 17.7 Å². The van der Waals surface area contributed by atoms with Crippen molar-refractivity contribution in [3.05, 3.63) is 108 Å². The van der Waals surface area contributed by atoms with Crippen LogP contribution >= 0.6 is 0 Å². The van der Waals surface area contributed by atoms with Gasteiger partial charge in [-0.05, 0) is 35.9 Å². The van der Waals surface area contributed by atoms with Crippen LogP contribution in [-0.2, 0) is 23.1 Å². The first-order valence-corrected chi connectivity index (χ1v) is 10.9. The largest absolute Gasteiger partial charge is 0.468 e. The highest BCUT2D eigenvalue weighted by Gasteiger charge is 2.23. The molecule has 0 saturated carbocycles. The van der Waals surface area contributed by atoms with Crippen molar-refractivity contribution >= 4 is 16.1 Å². The van der Waals surface area contributed by atoms with E-state index in [0.29, 0.717) is 17.3 Å². The normalized spacial score (nSPS) is 12.0. The number of aromatic nitrogens is 1. The third kappa shape index (κ3) is 4.94. The molecule has 6 nitrogen and oxygen atoms in total. The molecular formula is C23H20N2O4S. The van der Waals surface area contributed by atoms with E-state index < -0.39 is 10.0 Å². The van der Waals surface area contributed by atoms with Gasteiger partial charge >= 0.3 is 0 Å². The van der Waals surface area contributed by atoms with Gasteiger partial charge in [0, 0.05) is 11.0 Å². The minimum absolute atomic E-state index is 0.0541. The number of nitrogens with zero attached hydrogens (tertiary/aromatic N) is 2. The summed E-state index contributed by atoms with van der Waals surface area (Å²) >= 11 is 0. The lowest BCUT2D eigenvalue weighted by Crippen LogP contribution is -2.28. The molecule has 2 heterocycles. The van der Waals surface area contributed by atoms with Crippen LogP contribution in [0, 0.1) is 0 Å². The van der Waals surface area contributed by atoms with Gasteiger partial charge in [0.05, 0.1) is 25.0 Å². The smallest absolute Gasteiger partial charge is 0.237 e. The summed E-state index contributed by atoms with van der Waals surface area (Å²) in [4.78, 5) is 4.45. The van der Waals surface area contributed by atoms with Gasteiger partial charge in [-0.25, -0.2) is 13.4 Å². The first kappa shape index (κ1) is 19.9. The Morgan fingerprint density at radius 1 is 0.867 bits per heavy atom. The molecule has 0 radical (unpaired) electrons.